The number of para-hydroxylation sites is 3. The third-order valence-corrected chi connectivity index (χ3v) is 9.57. The van der Waals surface area contributed by atoms with Crippen molar-refractivity contribution in [2.24, 2.45) is 4.99 Å². The molecule has 7 aromatic carbocycles. The maximum absolute atomic E-state index is 8.91. The Morgan fingerprint density at radius 1 is 0.480 bits per heavy atom. The van der Waals surface area contributed by atoms with Crippen molar-refractivity contribution in [2.45, 2.75) is 0 Å². The molecule has 0 saturated heterocycles. The number of rotatable bonds is 5. The van der Waals surface area contributed by atoms with Gasteiger partial charge in [0, 0.05) is 45.4 Å². The lowest BCUT2D eigenvalue weighted by molar-refractivity contribution is 0.865. The lowest BCUT2D eigenvalue weighted by Gasteiger charge is -2.25. The van der Waals surface area contributed by atoms with E-state index in [2.05, 4.69) is 130 Å². The van der Waals surface area contributed by atoms with Crippen LogP contribution in [0.15, 0.2) is 181 Å². The van der Waals surface area contributed by atoms with Crippen LogP contribution in [0.1, 0.15) is 11.1 Å². The predicted molar refractivity (Wildman–Crippen MR) is 210 cm³/mol. The van der Waals surface area contributed by atoms with Crippen LogP contribution in [-0.4, -0.2) is 28.0 Å². The number of aromatic nitrogens is 2. The summed E-state index contributed by atoms with van der Waals surface area (Å²) in [6.45, 7) is 0. The molecule has 0 radical (unpaired) electrons. The molecule has 0 aliphatic rings. The van der Waals surface area contributed by atoms with Gasteiger partial charge in [0.2, 0.25) is 0 Å². The fourth-order valence-electron chi connectivity index (χ4n) is 7.23. The molecule has 0 atom stereocenters. The Morgan fingerprint density at radius 2 is 0.940 bits per heavy atom. The van der Waals surface area contributed by atoms with Gasteiger partial charge in [-0.25, -0.2) is 4.99 Å². The molecule has 0 bridgehead atoms. The van der Waals surface area contributed by atoms with Crippen LogP contribution < -0.4 is 5.01 Å². The first-order valence-electron chi connectivity index (χ1n) is 16.8. The Bertz CT molecular complexity index is 2720. The van der Waals surface area contributed by atoms with Crippen LogP contribution >= 0.6 is 0 Å². The Morgan fingerprint density at radius 3 is 1.60 bits per heavy atom. The number of benzene rings is 7. The van der Waals surface area contributed by atoms with Gasteiger partial charge in [-0.3, -0.25) is 15.1 Å². The zero-order valence-electron chi connectivity index (χ0n) is 27.5. The normalized spacial score (nSPS) is 11.9. The van der Waals surface area contributed by atoms with Gasteiger partial charge >= 0.3 is 0 Å². The van der Waals surface area contributed by atoms with E-state index in [1.807, 2.05) is 67.7 Å². The molecule has 0 aliphatic carbocycles. The second kappa shape index (κ2) is 12.1. The summed E-state index contributed by atoms with van der Waals surface area (Å²) >= 11 is 0. The van der Waals surface area contributed by atoms with Crippen molar-refractivity contribution in [1.82, 2.24) is 9.24 Å². The Kier molecular flexibility index (Phi) is 7.10. The van der Waals surface area contributed by atoms with E-state index in [1.165, 1.54) is 27.4 Å². The van der Waals surface area contributed by atoms with Crippen LogP contribution in [-0.2, 0) is 0 Å². The van der Waals surface area contributed by atoms with Gasteiger partial charge in [0.15, 0.2) is 11.7 Å². The van der Waals surface area contributed by atoms with Crippen LogP contribution in [0.4, 0.5) is 0 Å². The number of amidine groups is 2. The molecular formula is C45H33N5. The summed E-state index contributed by atoms with van der Waals surface area (Å²) in [5.41, 5.74) is 9.70. The van der Waals surface area contributed by atoms with E-state index in [4.69, 9.17) is 10.4 Å². The first kappa shape index (κ1) is 29.4. The van der Waals surface area contributed by atoms with Gasteiger partial charge in [0.25, 0.3) is 0 Å². The van der Waals surface area contributed by atoms with Crippen molar-refractivity contribution in [1.29, 1.82) is 5.41 Å². The van der Waals surface area contributed by atoms with E-state index in [-0.39, 0.29) is 5.84 Å². The average molecular weight is 644 g/mol. The van der Waals surface area contributed by atoms with Crippen LogP contribution in [0.2, 0.25) is 0 Å². The van der Waals surface area contributed by atoms with Gasteiger partial charge in [-0.15, -0.1) is 0 Å². The van der Waals surface area contributed by atoms with E-state index >= 15 is 0 Å². The molecule has 238 valence electrons. The summed E-state index contributed by atoms with van der Waals surface area (Å²) in [6, 6.07) is 61.1. The van der Waals surface area contributed by atoms with Crippen molar-refractivity contribution >= 4 is 55.3 Å². The zero-order valence-corrected chi connectivity index (χ0v) is 27.5. The largest absolute Gasteiger partial charge is 0.309 e. The Hall–Kier alpha value is -6.72. The Balaban J connectivity index is 1.20. The summed E-state index contributed by atoms with van der Waals surface area (Å²) < 4.78 is 4.57. The fraction of sp³-hybridized carbons (Fsp3) is 0.0222. The maximum Gasteiger partial charge on any atom is 0.157 e. The van der Waals surface area contributed by atoms with Crippen LogP contribution in [0.25, 0.3) is 60.4 Å². The molecule has 1 N–H and O–H groups in total. The second-order valence-corrected chi connectivity index (χ2v) is 12.5. The quantitative estimate of drug-likeness (QED) is 0.147. The molecule has 50 heavy (non-hydrogen) atoms. The summed E-state index contributed by atoms with van der Waals surface area (Å²) in [5.74, 6) is 0.898. The van der Waals surface area contributed by atoms with Crippen molar-refractivity contribution < 1.29 is 0 Å². The standard InChI is InChI=1S/C45H33N5/c1-48(45(32-17-7-3-8-18-32)47-44(46)31-15-5-2-6-16-31)50-42-24-14-12-22-37(42)39-30-34(26-28-43(39)50)33-25-27-41-38(29-33)36-21-11-13-23-40(36)49(41)35-19-9-4-10-20-35/h2-30,46H,1H3. The summed E-state index contributed by atoms with van der Waals surface area (Å²) in [5, 5.41) is 15.8. The average Bonchev–Trinajstić information content (AvgIpc) is 3.70. The van der Waals surface area contributed by atoms with E-state index in [0.717, 1.165) is 44.2 Å². The summed E-state index contributed by atoms with van der Waals surface area (Å²) in [4.78, 5) is 4.93. The molecule has 5 heteroatoms. The highest BCUT2D eigenvalue weighted by atomic mass is 15.6. The highest BCUT2D eigenvalue weighted by molar-refractivity contribution is 6.17. The molecule has 9 rings (SSSR count). The SMILES string of the molecule is CN(C(=NC(=N)c1ccccc1)c1ccccc1)n1c2ccccc2c2cc(-c3ccc4c(c3)c3ccccc3n4-c3ccccc3)ccc21. The van der Waals surface area contributed by atoms with Gasteiger partial charge in [-0.2, -0.15) is 0 Å². The summed E-state index contributed by atoms with van der Waals surface area (Å²) in [7, 11) is 2.03. The number of aliphatic imine (C=N–C) groups is 1. The molecule has 0 fully saturated rings. The molecule has 0 spiro atoms. The van der Waals surface area contributed by atoms with E-state index in [0.29, 0.717) is 5.84 Å². The molecule has 0 saturated carbocycles. The molecule has 0 amide bonds. The monoisotopic (exact) mass is 643 g/mol. The van der Waals surface area contributed by atoms with Gasteiger partial charge in [-0.05, 0) is 59.7 Å². The third-order valence-electron chi connectivity index (χ3n) is 9.57. The van der Waals surface area contributed by atoms with Gasteiger partial charge in [0.1, 0.15) is 0 Å². The minimum Gasteiger partial charge on any atom is -0.309 e. The van der Waals surface area contributed by atoms with Gasteiger partial charge < -0.3 is 4.57 Å². The molecule has 5 nitrogen and oxygen atoms in total. The maximum atomic E-state index is 8.91. The van der Waals surface area contributed by atoms with Crippen LogP contribution in [0.3, 0.4) is 0 Å². The van der Waals surface area contributed by atoms with Crippen molar-refractivity contribution in [3.63, 3.8) is 0 Å². The first-order valence-corrected chi connectivity index (χ1v) is 16.8. The number of hydrogen-bond acceptors (Lipinski definition) is 1. The van der Waals surface area contributed by atoms with Crippen LogP contribution in [0.5, 0.6) is 0 Å². The lowest BCUT2D eigenvalue weighted by Crippen LogP contribution is -2.37. The van der Waals surface area contributed by atoms with Crippen LogP contribution in [0, 0.1) is 5.41 Å². The number of fused-ring (bicyclic) bond motifs is 6. The van der Waals surface area contributed by atoms with Crippen molar-refractivity contribution in [3.05, 3.63) is 187 Å². The zero-order chi connectivity index (χ0) is 33.6. The first-order chi connectivity index (χ1) is 24.7. The number of hydrogen-bond donors (Lipinski definition) is 1. The van der Waals surface area contributed by atoms with E-state index in [1.54, 1.807) is 0 Å². The highest BCUT2D eigenvalue weighted by Gasteiger charge is 2.20. The topological polar surface area (TPSA) is 49.3 Å². The lowest BCUT2D eigenvalue weighted by atomic mass is 10.0. The molecule has 2 aromatic heterocycles. The second-order valence-electron chi connectivity index (χ2n) is 12.5. The van der Waals surface area contributed by atoms with E-state index in [9.17, 15) is 0 Å². The molecule has 0 aliphatic heterocycles. The highest BCUT2D eigenvalue weighted by Crippen LogP contribution is 2.37. The minimum atomic E-state index is 0.211. The van der Waals surface area contributed by atoms with Gasteiger partial charge in [0.05, 0.1) is 22.1 Å². The Labute approximate surface area is 290 Å². The van der Waals surface area contributed by atoms with Crippen molar-refractivity contribution in [2.75, 3.05) is 12.1 Å². The molecule has 2 heterocycles. The van der Waals surface area contributed by atoms with Gasteiger partial charge in [-0.1, -0.05) is 127 Å². The third kappa shape index (κ3) is 4.87. The molecular weight excluding hydrogens is 611 g/mol. The number of nitrogens with one attached hydrogen (secondary N) is 1. The smallest absolute Gasteiger partial charge is 0.157 e. The fourth-order valence-corrected chi connectivity index (χ4v) is 7.23. The minimum absolute atomic E-state index is 0.211. The molecule has 9 aromatic rings. The van der Waals surface area contributed by atoms with E-state index < -0.39 is 0 Å². The predicted octanol–water partition coefficient (Wildman–Crippen LogP) is 10.6. The van der Waals surface area contributed by atoms with Crippen molar-refractivity contribution in [3.8, 4) is 16.8 Å². The molecule has 0 unspecified atom stereocenters. The summed E-state index contributed by atoms with van der Waals surface area (Å²) in [6.07, 6.45) is 0. The number of nitrogens with zero attached hydrogens (tertiary/aromatic N) is 4.